The molecule has 0 aromatic carbocycles. The highest BCUT2D eigenvalue weighted by Gasteiger charge is 2.19. The summed E-state index contributed by atoms with van der Waals surface area (Å²) < 4.78 is 11.7. The number of hydrogen-bond acceptors (Lipinski definition) is 2. The van der Waals surface area contributed by atoms with Crippen molar-refractivity contribution in [2.75, 3.05) is 5.75 Å². The van der Waals surface area contributed by atoms with Crippen molar-refractivity contribution in [2.24, 2.45) is 0 Å². The third-order valence-corrected chi connectivity index (χ3v) is 4.57. The minimum atomic E-state index is -0.786. The number of rotatable bonds is 5. The van der Waals surface area contributed by atoms with Gasteiger partial charge in [-0.3, -0.25) is 9.00 Å². The number of carboxylic acids is 1. The largest absolute Gasteiger partial charge is 0.481 e. The van der Waals surface area contributed by atoms with Crippen LogP contribution in [-0.2, 0) is 15.6 Å². The van der Waals surface area contributed by atoms with E-state index in [1.807, 2.05) is 0 Å². The Morgan fingerprint density at radius 2 is 1.93 bits per heavy atom. The lowest BCUT2D eigenvalue weighted by Gasteiger charge is -2.20. The normalized spacial score (nSPS) is 20.6. The van der Waals surface area contributed by atoms with Gasteiger partial charge in [0.25, 0.3) is 0 Å². The van der Waals surface area contributed by atoms with E-state index in [2.05, 4.69) is 0 Å². The summed E-state index contributed by atoms with van der Waals surface area (Å²) >= 11 is 0. The zero-order chi connectivity index (χ0) is 10.4. The van der Waals surface area contributed by atoms with Crippen molar-refractivity contribution in [1.82, 2.24) is 0 Å². The molecule has 1 rings (SSSR count). The molecule has 4 heteroatoms. The molecule has 82 valence electrons. The van der Waals surface area contributed by atoms with Gasteiger partial charge < -0.3 is 5.11 Å². The molecule has 3 nitrogen and oxygen atoms in total. The van der Waals surface area contributed by atoms with Crippen molar-refractivity contribution in [1.29, 1.82) is 0 Å². The second-order valence-corrected chi connectivity index (χ2v) is 5.68. The van der Waals surface area contributed by atoms with Crippen molar-refractivity contribution >= 4 is 16.8 Å². The van der Waals surface area contributed by atoms with Crippen molar-refractivity contribution in [2.45, 2.75) is 50.2 Å². The fraction of sp³-hybridized carbons (Fsp3) is 0.900. The number of carbonyl (C=O) groups is 1. The summed E-state index contributed by atoms with van der Waals surface area (Å²) in [6.07, 6.45) is 6.49. The Kier molecular flexibility index (Phi) is 5.15. The Morgan fingerprint density at radius 3 is 2.50 bits per heavy atom. The fourth-order valence-corrected chi connectivity index (χ4v) is 3.48. The number of carboxylic acid groups (broad SMARTS) is 1. The summed E-state index contributed by atoms with van der Waals surface area (Å²) in [6.45, 7) is 0. The first-order chi connectivity index (χ1) is 6.70. The molecule has 14 heavy (non-hydrogen) atoms. The lowest BCUT2D eigenvalue weighted by Crippen LogP contribution is -2.21. The van der Waals surface area contributed by atoms with E-state index in [0.717, 1.165) is 12.8 Å². The lowest BCUT2D eigenvalue weighted by atomic mass is 10.0. The molecule has 1 atom stereocenters. The second-order valence-electron chi connectivity index (χ2n) is 3.84. The van der Waals surface area contributed by atoms with E-state index in [1.54, 1.807) is 0 Å². The van der Waals surface area contributed by atoms with Gasteiger partial charge in [-0.1, -0.05) is 19.3 Å². The summed E-state index contributed by atoms with van der Waals surface area (Å²) in [6, 6.07) is 0. The molecule has 0 aliphatic heterocycles. The van der Waals surface area contributed by atoms with Gasteiger partial charge in [-0.15, -0.1) is 0 Å². The smallest absolute Gasteiger partial charge is 0.303 e. The van der Waals surface area contributed by atoms with Gasteiger partial charge in [0.05, 0.1) is 0 Å². The third kappa shape index (κ3) is 4.22. The van der Waals surface area contributed by atoms with Crippen LogP contribution in [0.1, 0.15) is 44.9 Å². The monoisotopic (exact) mass is 218 g/mol. The molecule has 0 heterocycles. The quantitative estimate of drug-likeness (QED) is 0.767. The molecule has 0 amide bonds. The molecule has 1 N–H and O–H groups in total. The van der Waals surface area contributed by atoms with E-state index in [-0.39, 0.29) is 6.42 Å². The minimum absolute atomic E-state index is 0.151. The average Bonchev–Trinajstić information content (AvgIpc) is 2.18. The highest BCUT2D eigenvalue weighted by molar-refractivity contribution is 7.85. The maximum atomic E-state index is 11.7. The zero-order valence-electron chi connectivity index (χ0n) is 8.41. The maximum absolute atomic E-state index is 11.7. The topological polar surface area (TPSA) is 54.4 Å². The van der Waals surface area contributed by atoms with Gasteiger partial charge in [0.1, 0.15) is 0 Å². The molecule has 0 saturated heterocycles. The summed E-state index contributed by atoms with van der Waals surface area (Å²) in [5, 5.41) is 8.78. The molecule has 1 aliphatic carbocycles. The van der Waals surface area contributed by atoms with E-state index < -0.39 is 16.8 Å². The van der Waals surface area contributed by atoms with Crippen molar-refractivity contribution in [3.8, 4) is 0 Å². The maximum Gasteiger partial charge on any atom is 0.303 e. The van der Waals surface area contributed by atoms with E-state index in [1.165, 1.54) is 19.3 Å². The Morgan fingerprint density at radius 1 is 1.29 bits per heavy atom. The van der Waals surface area contributed by atoms with Crippen LogP contribution in [0, 0.1) is 0 Å². The highest BCUT2D eigenvalue weighted by atomic mass is 32.2. The van der Waals surface area contributed by atoms with Gasteiger partial charge in [0, 0.05) is 28.2 Å². The summed E-state index contributed by atoms with van der Waals surface area (Å²) in [4.78, 5) is 10.3. The van der Waals surface area contributed by atoms with Gasteiger partial charge in [-0.05, 0) is 19.3 Å². The summed E-state index contributed by atoms with van der Waals surface area (Å²) in [7, 11) is -0.786. The van der Waals surface area contributed by atoms with Crippen molar-refractivity contribution in [3.05, 3.63) is 0 Å². The Hall–Kier alpha value is -0.380. The molecule has 1 saturated carbocycles. The van der Waals surface area contributed by atoms with Crippen LogP contribution in [0.2, 0.25) is 0 Å². The van der Waals surface area contributed by atoms with E-state index in [0.29, 0.717) is 17.4 Å². The molecule has 1 unspecified atom stereocenters. The molecule has 0 aromatic heterocycles. The predicted octanol–water partition coefficient (Wildman–Crippen LogP) is 1.93. The summed E-state index contributed by atoms with van der Waals surface area (Å²) in [5.74, 6) is -0.220. The number of aliphatic carboxylic acids is 1. The van der Waals surface area contributed by atoms with Crippen molar-refractivity contribution < 1.29 is 14.1 Å². The van der Waals surface area contributed by atoms with Crippen LogP contribution in [0.3, 0.4) is 0 Å². The molecule has 0 aromatic rings. The van der Waals surface area contributed by atoms with Crippen molar-refractivity contribution in [3.63, 3.8) is 0 Å². The number of hydrogen-bond donors (Lipinski definition) is 1. The Bertz CT molecular complexity index is 209. The van der Waals surface area contributed by atoms with E-state index in [4.69, 9.17) is 5.11 Å². The van der Waals surface area contributed by atoms with Crippen LogP contribution in [-0.4, -0.2) is 26.3 Å². The van der Waals surface area contributed by atoms with Crippen LogP contribution in [0.5, 0.6) is 0 Å². The van der Waals surface area contributed by atoms with Crippen LogP contribution < -0.4 is 0 Å². The first-order valence-corrected chi connectivity index (χ1v) is 6.67. The van der Waals surface area contributed by atoms with Gasteiger partial charge in [-0.2, -0.15) is 0 Å². The average molecular weight is 218 g/mol. The summed E-state index contributed by atoms with van der Waals surface area (Å²) in [5.41, 5.74) is 0. The molecular formula is C10H18O3S. The van der Waals surface area contributed by atoms with Gasteiger partial charge in [0.2, 0.25) is 0 Å². The minimum Gasteiger partial charge on any atom is -0.481 e. The first-order valence-electron chi connectivity index (χ1n) is 5.29. The SMILES string of the molecule is O=C(O)CCCS(=O)C1CCCCC1. The molecule has 1 aliphatic rings. The zero-order valence-corrected chi connectivity index (χ0v) is 9.22. The second kappa shape index (κ2) is 6.17. The first kappa shape index (κ1) is 11.7. The Balaban J connectivity index is 2.16. The van der Waals surface area contributed by atoms with Crippen LogP contribution in [0.25, 0.3) is 0 Å². The van der Waals surface area contributed by atoms with Gasteiger partial charge in [-0.25, -0.2) is 0 Å². The molecular weight excluding hydrogens is 200 g/mol. The predicted molar refractivity (Wildman–Crippen MR) is 56.8 cm³/mol. The van der Waals surface area contributed by atoms with Crippen LogP contribution in [0.4, 0.5) is 0 Å². The molecule has 0 spiro atoms. The lowest BCUT2D eigenvalue weighted by molar-refractivity contribution is -0.137. The van der Waals surface area contributed by atoms with Gasteiger partial charge in [0.15, 0.2) is 0 Å². The standard InChI is InChI=1S/C10H18O3S/c11-10(12)7-4-8-14(13)9-5-2-1-3-6-9/h9H,1-8H2,(H,11,12). The fourth-order valence-electron chi connectivity index (χ4n) is 1.86. The Labute approximate surface area is 87.3 Å². The molecule has 1 fully saturated rings. The highest BCUT2D eigenvalue weighted by Crippen LogP contribution is 2.22. The molecule has 0 bridgehead atoms. The van der Waals surface area contributed by atoms with E-state index >= 15 is 0 Å². The van der Waals surface area contributed by atoms with Gasteiger partial charge >= 0.3 is 5.97 Å². The van der Waals surface area contributed by atoms with Crippen LogP contribution in [0.15, 0.2) is 0 Å². The van der Waals surface area contributed by atoms with Crippen LogP contribution >= 0.6 is 0 Å². The third-order valence-electron chi connectivity index (χ3n) is 2.66. The molecule has 0 radical (unpaired) electrons. The van der Waals surface area contributed by atoms with E-state index in [9.17, 15) is 9.00 Å².